The Morgan fingerprint density at radius 3 is 2.69 bits per heavy atom. The Bertz CT molecular complexity index is 1600. The molecule has 0 spiro atoms. The lowest BCUT2D eigenvalue weighted by molar-refractivity contribution is -0.132. The number of halogens is 2. The molecule has 9 heteroatoms. The smallest absolute Gasteiger partial charge is 0.301 e. The molecule has 0 aliphatic carbocycles. The Morgan fingerprint density at radius 1 is 1.14 bits per heavy atom. The second-order valence-electron chi connectivity index (χ2n) is 8.78. The highest BCUT2D eigenvalue weighted by atomic mass is 79.9. The molecule has 2 aliphatic rings. The average Bonchev–Trinajstić information content (AvgIpc) is 3.51. The van der Waals surface area contributed by atoms with Gasteiger partial charge in [0, 0.05) is 16.5 Å². The van der Waals surface area contributed by atoms with Crippen molar-refractivity contribution in [2.45, 2.75) is 25.5 Å². The molecule has 1 amide bonds. The van der Waals surface area contributed by atoms with Gasteiger partial charge in [-0.15, -0.1) is 0 Å². The second-order valence-corrected chi connectivity index (χ2v) is 10.7. The number of anilines is 1. The topological polar surface area (TPSA) is 79.7 Å². The van der Waals surface area contributed by atoms with Crippen LogP contribution in [-0.2, 0) is 16.0 Å². The highest BCUT2D eigenvalue weighted by Gasteiger charge is 2.48. The molecule has 3 heterocycles. The maximum Gasteiger partial charge on any atom is 0.301 e. The van der Waals surface area contributed by atoms with Crippen molar-refractivity contribution in [3.63, 3.8) is 0 Å². The molecule has 0 radical (unpaired) electrons. The van der Waals surface area contributed by atoms with Gasteiger partial charge in [0.05, 0.1) is 21.8 Å². The van der Waals surface area contributed by atoms with Gasteiger partial charge in [-0.05, 0) is 66.6 Å². The third kappa shape index (κ3) is 3.70. The zero-order chi connectivity index (χ0) is 25.1. The molecule has 0 bridgehead atoms. The van der Waals surface area contributed by atoms with Gasteiger partial charge in [0.25, 0.3) is 5.78 Å². The van der Waals surface area contributed by atoms with Gasteiger partial charge in [0.15, 0.2) is 5.13 Å². The predicted molar refractivity (Wildman–Crippen MR) is 139 cm³/mol. The fourth-order valence-corrected chi connectivity index (χ4v) is 5.99. The van der Waals surface area contributed by atoms with Gasteiger partial charge in [-0.3, -0.25) is 14.5 Å². The second kappa shape index (κ2) is 8.53. The van der Waals surface area contributed by atoms with Gasteiger partial charge in [0.2, 0.25) is 0 Å². The molecular formula is C27H18BrFN2O4S. The first-order valence-electron chi connectivity index (χ1n) is 11.2. The van der Waals surface area contributed by atoms with Crippen LogP contribution in [0.1, 0.15) is 29.7 Å². The van der Waals surface area contributed by atoms with E-state index in [1.54, 1.807) is 42.5 Å². The number of hydrogen-bond donors (Lipinski definition) is 1. The SMILES string of the molecule is CC1Cc2cc(/C(O)=C3\C(=O)C(=O)N(c4nc5ccc(F)cc5s4)C3c3ccc(Br)cc3)ccc2O1. The van der Waals surface area contributed by atoms with E-state index in [0.29, 0.717) is 27.8 Å². The number of benzene rings is 3. The summed E-state index contributed by atoms with van der Waals surface area (Å²) < 4.78 is 20.9. The summed E-state index contributed by atoms with van der Waals surface area (Å²) in [5.74, 6) is -1.55. The van der Waals surface area contributed by atoms with Gasteiger partial charge in [-0.25, -0.2) is 9.37 Å². The largest absolute Gasteiger partial charge is 0.507 e. The van der Waals surface area contributed by atoms with E-state index < -0.39 is 23.5 Å². The van der Waals surface area contributed by atoms with Gasteiger partial charge in [0.1, 0.15) is 23.4 Å². The number of amides is 1. The normalized spacial score (nSPS) is 20.7. The summed E-state index contributed by atoms with van der Waals surface area (Å²) in [6.45, 7) is 1.96. The minimum absolute atomic E-state index is 0.0228. The van der Waals surface area contributed by atoms with E-state index >= 15 is 0 Å². The number of thiazole rings is 1. The van der Waals surface area contributed by atoms with Crippen LogP contribution in [0.5, 0.6) is 5.75 Å². The van der Waals surface area contributed by atoms with E-state index in [9.17, 15) is 19.1 Å². The van der Waals surface area contributed by atoms with E-state index in [4.69, 9.17) is 4.74 Å². The van der Waals surface area contributed by atoms with E-state index in [-0.39, 0.29) is 22.6 Å². The van der Waals surface area contributed by atoms with Crippen LogP contribution in [0.15, 0.2) is 70.7 Å². The number of aliphatic hydroxyl groups excluding tert-OH is 1. The van der Waals surface area contributed by atoms with Crippen molar-refractivity contribution < 1.29 is 23.8 Å². The van der Waals surface area contributed by atoms with Crippen molar-refractivity contribution in [1.29, 1.82) is 0 Å². The summed E-state index contributed by atoms with van der Waals surface area (Å²) >= 11 is 4.53. The number of carbonyl (C=O) groups excluding carboxylic acids is 2. The third-order valence-electron chi connectivity index (χ3n) is 6.34. The number of hydrogen-bond acceptors (Lipinski definition) is 6. The van der Waals surface area contributed by atoms with Crippen LogP contribution in [-0.4, -0.2) is 27.9 Å². The molecule has 180 valence electrons. The molecule has 6 nitrogen and oxygen atoms in total. The summed E-state index contributed by atoms with van der Waals surface area (Å²) in [6.07, 6.45) is 0.707. The highest BCUT2D eigenvalue weighted by Crippen LogP contribution is 2.45. The van der Waals surface area contributed by atoms with Crippen LogP contribution in [0.2, 0.25) is 0 Å². The van der Waals surface area contributed by atoms with Gasteiger partial charge in [-0.2, -0.15) is 0 Å². The van der Waals surface area contributed by atoms with E-state index in [1.165, 1.54) is 23.1 Å². The minimum atomic E-state index is -0.910. The first-order chi connectivity index (χ1) is 17.3. The van der Waals surface area contributed by atoms with Crippen LogP contribution in [0.25, 0.3) is 16.0 Å². The molecule has 1 saturated heterocycles. The molecular weight excluding hydrogens is 547 g/mol. The fourth-order valence-electron chi connectivity index (χ4n) is 4.70. The number of ketones is 1. The van der Waals surface area contributed by atoms with Crippen LogP contribution in [0, 0.1) is 5.82 Å². The van der Waals surface area contributed by atoms with Crippen LogP contribution < -0.4 is 9.64 Å². The summed E-state index contributed by atoms with van der Waals surface area (Å²) in [7, 11) is 0. The van der Waals surface area contributed by atoms with Crippen LogP contribution >= 0.6 is 27.3 Å². The summed E-state index contributed by atoms with van der Waals surface area (Å²) in [6, 6.07) is 15.7. The highest BCUT2D eigenvalue weighted by molar-refractivity contribution is 9.10. The quantitative estimate of drug-likeness (QED) is 0.183. The number of aromatic nitrogens is 1. The monoisotopic (exact) mass is 564 g/mol. The van der Waals surface area contributed by atoms with Crippen LogP contribution in [0.4, 0.5) is 9.52 Å². The molecule has 2 unspecified atom stereocenters. The lowest BCUT2D eigenvalue weighted by atomic mass is 9.94. The molecule has 3 aromatic carbocycles. The Morgan fingerprint density at radius 2 is 1.92 bits per heavy atom. The molecule has 36 heavy (non-hydrogen) atoms. The fraction of sp³-hybridized carbons (Fsp3) is 0.148. The molecule has 4 aromatic rings. The molecule has 0 saturated carbocycles. The van der Waals surface area contributed by atoms with Crippen molar-refractivity contribution in [3.8, 4) is 5.75 Å². The number of carbonyl (C=O) groups is 2. The average molecular weight is 565 g/mol. The van der Waals surface area contributed by atoms with Crippen molar-refractivity contribution in [3.05, 3.63) is 93.2 Å². The predicted octanol–water partition coefficient (Wildman–Crippen LogP) is 6.15. The Kier molecular flexibility index (Phi) is 5.42. The molecule has 2 aliphatic heterocycles. The zero-order valence-electron chi connectivity index (χ0n) is 18.9. The van der Waals surface area contributed by atoms with Crippen LogP contribution in [0.3, 0.4) is 0 Å². The van der Waals surface area contributed by atoms with Gasteiger partial charge < -0.3 is 9.84 Å². The summed E-state index contributed by atoms with van der Waals surface area (Å²) in [4.78, 5) is 32.6. The molecule has 6 rings (SSSR count). The molecule has 1 fully saturated rings. The zero-order valence-corrected chi connectivity index (χ0v) is 21.3. The minimum Gasteiger partial charge on any atom is -0.507 e. The standard InChI is InChI=1S/C27H18BrFN2O4S/c1-13-10-16-11-15(4-9-20(16)35-13)24(32)22-23(14-2-5-17(28)6-3-14)31(26(34)25(22)33)27-30-19-8-7-18(29)12-21(19)36-27/h2-9,11-13,23,32H,10H2,1H3/b24-22+. The number of Topliss-reactive ketones (excluding diaryl/α,β-unsaturated/α-hetero) is 1. The Hall–Kier alpha value is -3.56. The van der Waals surface area contributed by atoms with Gasteiger partial charge in [-0.1, -0.05) is 39.4 Å². The molecule has 1 N–H and O–H groups in total. The molecule has 2 atom stereocenters. The first-order valence-corrected chi connectivity index (χ1v) is 12.8. The Labute approximate surface area is 217 Å². The number of aliphatic hydroxyl groups is 1. The Balaban J connectivity index is 1.53. The lowest BCUT2D eigenvalue weighted by Gasteiger charge is -2.23. The lowest BCUT2D eigenvalue weighted by Crippen LogP contribution is -2.29. The van der Waals surface area contributed by atoms with Crippen molar-refractivity contribution in [2.75, 3.05) is 4.90 Å². The molecule has 1 aromatic heterocycles. The number of nitrogens with zero attached hydrogens (tertiary/aromatic N) is 2. The first kappa shape index (κ1) is 22.9. The number of rotatable bonds is 3. The summed E-state index contributed by atoms with van der Waals surface area (Å²) in [5.41, 5.74) is 2.47. The van der Waals surface area contributed by atoms with E-state index in [2.05, 4.69) is 20.9 Å². The maximum atomic E-state index is 13.8. The third-order valence-corrected chi connectivity index (χ3v) is 7.89. The summed E-state index contributed by atoms with van der Waals surface area (Å²) in [5, 5.41) is 11.6. The maximum absolute atomic E-state index is 13.8. The van der Waals surface area contributed by atoms with Crippen molar-refractivity contribution >= 4 is 60.1 Å². The number of fused-ring (bicyclic) bond motifs is 2. The van der Waals surface area contributed by atoms with E-state index in [1.807, 2.05) is 6.92 Å². The van der Waals surface area contributed by atoms with Crippen molar-refractivity contribution in [1.82, 2.24) is 4.98 Å². The van der Waals surface area contributed by atoms with E-state index in [0.717, 1.165) is 27.1 Å². The number of ether oxygens (including phenoxy) is 1. The van der Waals surface area contributed by atoms with Crippen molar-refractivity contribution in [2.24, 2.45) is 0 Å². The van der Waals surface area contributed by atoms with Gasteiger partial charge >= 0.3 is 5.91 Å².